The van der Waals surface area contributed by atoms with Gasteiger partial charge in [0.05, 0.1) is 0 Å². The molecule has 0 atom stereocenters. The fourth-order valence-electron chi connectivity index (χ4n) is 2.13. The van der Waals surface area contributed by atoms with Crippen LogP contribution in [0.4, 0.5) is 0 Å². The van der Waals surface area contributed by atoms with Crippen LogP contribution in [0.1, 0.15) is 22.4 Å². The number of hydrogen-bond donors (Lipinski definition) is 1. The second-order valence-corrected chi connectivity index (χ2v) is 5.57. The number of halogens is 1. The third kappa shape index (κ3) is 3.81. The molecule has 0 aliphatic rings. The van der Waals surface area contributed by atoms with Crippen molar-refractivity contribution in [2.24, 2.45) is 0 Å². The van der Waals surface area contributed by atoms with Crippen LogP contribution in [-0.4, -0.2) is 12.0 Å². The van der Waals surface area contributed by atoms with Gasteiger partial charge < -0.3 is 10.1 Å². The van der Waals surface area contributed by atoms with Gasteiger partial charge in [0.15, 0.2) is 0 Å². The molecule has 0 aliphatic heterocycles. The van der Waals surface area contributed by atoms with Gasteiger partial charge in [-0.15, -0.1) is 0 Å². The molecule has 21 heavy (non-hydrogen) atoms. The van der Waals surface area contributed by atoms with E-state index in [0.29, 0.717) is 18.8 Å². The lowest BCUT2D eigenvalue weighted by Gasteiger charge is -2.15. The Labute approximate surface area is 132 Å². The average Bonchev–Trinajstić information content (AvgIpc) is 2.47. The summed E-state index contributed by atoms with van der Waals surface area (Å²) in [6.07, 6.45) is 1.61. The smallest absolute Gasteiger partial charge is 0.147 e. The van der Waals surface area contributed by atoms with Crippen molar-refractivity contribution >= 4 is 15.9 Å². The molecule has 1 aromatic heterocycles. The zero-order chi connectivity index (χ0) is 15.2. The molecule has 2 aromatic rings. The van der Waals surface area contributed by atoms with E-state index in [1.54, 1.807) is 6.20 Å². The summed E-state index contributed by atoms with van der Waals surface area (Å²) in [5.74, 6) is 0.847. The molecule has 0 fully saturated rings. The number of rotatable bonds is 5. The summed E-state index contributed by atoms with van der Waals surface area (Å²) >= 11 is 3.50. The minimum Gasteiger partial charge on any atom is -0.488 e. The molecular weight excluding hydrogens is 330 g/mol. The second kappa shape index (κ2) is 7.21. The Morgan fingerprint density at radius 3 is 2.90 bits per heavy atom. The van der Waals surface area contributed by atoms with Crippen molar-refractivity contribution < 1.29 is 4.74 Å². The van der Waals surface area contributed by atoms with Gasteiger partial charge in [-0.2, -0.15) is 5.26 Å². The van der Waals surface area contributed by atoms with Gasteiger partial charge in [-0.3, -0.25) is 0 Å². The lowest BCUT2D eigenvalue weighted by molar-refractivity contribution is 0.299. The minimum absolute atomic E-state index is 0.329. The van der Waals surface area contributed by atoms with Gasteiger partial charge in [-0.05, 0) is 37.7 Å². The monoisotopic (exact) mass is 345 g/mol. The van der Waals surface area contributed by atoms with Crippen LogP contribution in [0.2, 0.25) is 0 Å². The Balaban J connectivity index is 2.26. The zero-order valence-electron chi connectivity index (χ0n) is 12.0. The minimum atomic E-state index is 0.329. The summed E-state index contributed by atoms with van der Waals surface area (Å²) in [6.45, 7) is 3.05. The normalized spacial score (nSPS) is 10.2. The molecule has 4 nitrogen and oxygen atoms in total. The SMILES string of the molecule is CNCc1cc(Br)cc(C)c1OCc1cccnc1C#N. The predicted octanol–water partition coefficient (Wildman–Crippen LogP) is 3.32. The molecule has 0 unspecified atom stereocenters. The Morgan fingerprint density at radius 2 is 2.19 bits per heavy atom. The maximum absolute atomic E-state index is 9.06. The molecule has 2 rings (SSSR count). The third-order valence-electron chi connectivity index (χ3n) is 3.05. The summed E-state index contributed by atoms with van der Waals surface area (Å²) in [5, 5.41) is 12.2. The number of nitrogens with one attached hydrogen (secondary N) is 1. The van der Waals surface area contributed by atoms with Crippen LogP contribution >= 0.6 is 15.9 Å². The number of hydrogen-bond acceptors (Lipinski definition) is 4. The van der Waals surface area contributed by atoms with E-state index in [2.05, 4.69) is 32.3 Å². The van der Waals surface area contributed by atoms with Gasteiger partial charge >= 0.3 is 0 Å². The average molecular weight is 346 g/mol. The van der Waals surface area contributed by atoms with Gasteiger partial charge in [0.25, 0.3) is 0 Å². The number of aryl methyl sites for hydroxylation is 1. The topological polar surface area (TPSA) is 57.9 Å². The van der Waals surface area contributed by atoms with Crippen LogP contribution in [0.3, 0.4) is 0 Å². The van der Waals surface area contributed by atoms with Crippen molar-refractivity contribution in [2.45, 2.75) is 20.1 Å². The third-order valence-corrected chi connectivity index (χ3v) is 3.51. The number of ether oxygens (including phenoxy) is 1. The highest BCUT2D eigenvalue weighted by molar-refractivity contribution is 9.10. The van der Waals surface area contributed by atoms with Crippen molar-refractivity contribution in [2.75, 3.05) is 7.05 Å². The first-order chi connectivity index (χ1) is 10.2. The molecule has 1 heterocycles. The van der Waals surface area contributed by atoms with Crippen LogP contribution in [0.5, 0.6) is 5.75 Å². The van der Waals surface area contributed by atoms with Crippen LogP contribution in [-0.2, 0) is 13.2 Å². The molecule has 0 saturated heterocycles. The highest BCUT2D eigenvalue weighted by Crippen LogP contribution is 2.29. The van der Waals surface area contributed by atoms with E-state index < -0.39 is 0 Å². The van der Waals surface area contributed by atoms with E-state index in [1.165, 1.54) is 0 Å². The lowest BCUT2D eigenvalue weighted by atomic mass is 10.1. The summed E-state index contributed by atoms with van der Waals surface area (Å²) < 4.78 is 6.98. The maximum Gasteiger partial charge on any atom is 0.147 e. The quantitative estimate of drug-likeness (QED) is 0.902. The van der Waals surface area contributed by atoms with Crippen LogP contribution in [0.25, 0.3) is 0 Å². The van der Waals surface area contributed by atoms with E-state index in [-0.39, 0.29) is 0 Å². The number of nitrogens with zero attached hydrogens (tertiary/aromatic N) is 2. The Morgan fingerprint density at radius 1 is 1.38 bits per heavy atom. The number of benzene rings is 1. The van der Waals surface area contributed by atoms with Crippen molar-refractivity contribution in [3.63, 3.8) is 0 Å². The van der Waals surface area contributed by atoms with Gasteiger partial charge in [-0.25, -0.2) is 4.98 Å². The zero-order valence-corrected chi connectivity index (χ0v) is 13.6. The molecule has 1 aromatic carbocycles. The fourth-order valence-corrected chi connectivity index (χ4v) is 2.75. The number of pyridine rings is 1. The Hall–Kier alpha value is -1.90. The molecule has 0 radical (unpaired) electrons. The largest absolute Gasteiger partial charge is 0.488 e. The van der Waals surface area contributed by atoms with Crippen LogP contribution in [0, 0.1) is 18.3 Å². The summed E-state index contributed by atoms with van der Waals surface area (Å²) in [6, 6.07) is 9.80. The Kier molecular flexibility index (Phi) is 5.32. The first-order valence-corrected chi connectivity index (χ1v) is 7.35. The standard InChI is InChI=1S/C16H16BrN3O/c1-11-6-14(17)7-13(9-19-2)16(11)21-10-12-4-3-5-20-15(12)8-18/h3-7,19H,9-10H2,1-2H3. The maximum atomic E-state index is 9.06. The molecule has 0 spiro atoms. The highest BCUT2D eigenvalue weighted by atomic mass is 79.9. The molecule has 108 valence electrons. The molecule has 0 aliphatic carbocycles. The Bertz CT molecular complexity index is 680. The first-order valence-electron chi connectivity index (χ1n) is 6.56. The van der Waals surface area contributed by atoms with E-state index in [0.717, 1.165) is 26.9 Å². The molecule has 1 N–H and O–H groups in total. The molecule has 0 amide bonds. The number of nitriles is 1. The fraction of sp³-hybridized carbons (Fsp3) is 0.250. The number of aromatic nitrogens is 1. The van der Waals surface area contributed by atoms with Crippen molar-refractivity contribution in [3.05, 3.63) is 57.3 Å². The molecule has 0 bridgehead atoms. The van der Waals surface area contributed by atoms with Crippen molar-refractivity contribution in [1.82, 2.24) is 10.3 Å². The van der Waals surface area contributed by atoms with Crippen LogP contribution < -0.4 is 10.1 Å². The molecule has 0 saturated carbocycles. The van der Waals surface area contributed by atoms with E-state index >= 15 is 0 Å². The van der Waals surface area contributed by atoms with Gasteiger partial charge in [0, 0.05) is 28.3 Å². The van der Waals surface area contributed by atoms with E-state index in [9.17, 15) is 0 Å². The predicted molar refractivity (Wildman–Crippen MR) is 84.9 cm³/mol. The molecular formula is C16H16BrN3O. The van der Waals surface area contributed by atoms with E-state index in [4.69, 9.17) is 10.00 Å². The van der Waals surface area contributed by atoms with Gasteiger partial charge in [0.2, 0.25) is 0 Å². The van der Waals surface area contributed by atoms with Crippen LogP contribution in [0.15, 0.2) is 34.9 Å². The second-order valence-electron chi connectivity index (χ2n) is 4.65. The first kappa shape index (κ1) is 15.5. The summed E-state index contributed by atoms with van der Waals surface area (Å²) in [5.41, 5.74) is 3.32. The lowest BCUT2D eigenvalue weighted by Crippen LogP contribution is -2.09. The molecule has 5 heteroatoms. The van der Waals surface area contributed by atoms with Gasteiger partial charge in [0.1, 0.15) is 24.1 Å². The summed E-state index contributed by atoms with van der Waals surface area (Å²) in [4.78, 5) is 4.04. The van der Waals surface area contributed by atoms with Crippen molar-refractivity contribution in [3.8, 4) is 11.8 Å². The summed E-state index contributed by atoms with van der Waals surface area (Å²) in [7, 11) is 1.90. The highest BCUT2D eigenvalue weighted by Gasteiger charge is 2.10. The van der Waals surface area contributed by atoms with Gasteiger partial charge in [-0.1, -0.05) is 22.0 Å². The van der Waals surface area contributed by atoms with Crippen molar-refractivity contribution in [1.29, 1.82) is 5.26 Å². The van der Waals surface area contributed by atoms with E-state index in [1.807, 2.05) is 38.2 Å².